The number of nitrogens with one attached hydrogen (secondary N) is 1. The fourth-order valence-electron chi connectivity index (χ4n) is 2.87. The number of carbonyl (C=O) groups excluding carboxylic acids is 2. The highest BCUT2D eigenvalue weighted by Crippen LogP contribution is 2.42. The lowest BCUT2D eigenvalue weighted by molar-refractivity contribution is -0.275. The molecule has 0 unspecified atom stereocenters. The molecule has 0 saturated carbocycles. The number of benzene rings is 1. The minimum Gasteiger partial charge on any atom is -0.466 e. The predicted molar refractivity (Wildman–Crippen MR) is 109 cm³/mol. The third-order valence-corrected chi connectivity index (χ3v) is 6.71. The van der Waals surface area contributed by atoms with Crippen LogP contribution in [0.4, 0.5) is 18.9 Å². The summed E-state index contributed by atoms with van der Waals surface area (Å²) in [5.41, 5.74) is -3.44. The van der Waals surface area contributed by atoms with E-state index in [4.69, 9.17) is 0 Å². The minimum atomic E-state index is -5.24. The van der Waals surface area contributed by atoms with Crippen LogP contribution in [0.1, 0.15) is 26.0 Å². The highest BCUT2D eigenvalue weighted by Gasteiger charge is 2.58. The summed E-state index contributed by atoms with van der Waals surface area (Å²) in [6, 6.07) is 7.16. The molecular formula is C20H23F3N2O7S. The Balaban J connectivity index is 1.97. The lowest BCUT2D eigenvalue weighted by Crippen LogP contribution is -2.44. The lowest BCUT2D eigenvalue weighted by Gasteiger charge is -2.27. The number of amides is 1. The van der Waals surface area contributed by atoms with Crippen molar-refractivity contribution in [2.75, 3.05) is 25.0 Å². The number of nitrogens with zero attached hydrogens (tertiary/aromatic N) is 1. The third-order valence-electron chi connectivity index (χ3n) is 4.64. The summed E-state index contributed by atoms with van der Waals surface area (Å²) in [5.74, 6) is -3.26. The van der Waals surface area contributed by atoms with Crippen LogP contribution in [-0.4, -0.2) is 55.6 Å². The van der Waals surface area contributed by atoms with Crippen LogP contribution in [0, 0.1) is 0 Å². The van der Waals surface area contributed by atoms with Gasteiger partial charge in [-0.2, -0.15) is 17.5 Å². The summed E-state index contributed by atoms with van der Waals surface area (Å²) in [7, 11) is -3.69. The zero-order valence-corrected chi connectivity index (χ0v) is 18.6. The van der Waals surface area contributed by atoms with E-state index in [0.29, 0.717) is 0 Å². The number of anilines is 1. The number of esters is 1. The molecule has 0 bridgehead atoms. The SMILES string of the molecule is CCN(CC)S(=O)(=O)c1ccc(NC(=O)COC(=O)C[C@](O)(c2ccco2)C(F)(F)F)cc1. The monoisotopic (exact) mass is 492 g/mol. The maximum atomic E-state index is 13.3. The van der Waals surface area contributed by atoms with Gasteiger partial charge in [0.15, 0.2) is 6.61 Å². The van der Waals surface area contributed by atoms with E-state index in [1.165, 1.54) is 28.6 Å². The Morgan fingerprint density at radius 1 is 1.12 bits per heavy atom. The van der Waals surface area contributed by atoms with Gasteiger partial charge in [-0.1, -0.05) is 13.8 Å². The van der Waals surface area contributed by atoms with E-state index >= 15 is 0 Å². The number of rotatable bonds is 10. The first kappa shape index (κ1) is 26.4. The van der Waals surface area contributed by atoms with Crippen molar-refractivity contribution in [3.8, 4) is 0 Å². The maximum absolute atomic E-state index is 13.3. The predicted octanol–water partition coefficient (Wildman–Crippen LogP) is 2.63. The molecule has 0 spiro atoms. The zero-order valence-electron chi connectivity index (χ0n) is 17.8. The van der Waals surface area contributed by atoms with E-state index in [1.54, 1.807) is 13.8 Å². The highest BCUT2D eigenvalue weighted by molar-refractivity contribution is 7.89. The van der Waals surface area contributed by atoms with Gasteiger partial charge in [0.2, 0.25) is 15.6 Å². The molecule has 0 saturated heterocycles. The van der Waals surface area contributed by atoms with Crippen molar-refractivity contribution in [3.63, 3.8) is 0 Å². The van der Waals surface area contributed by atoms with E-state index < -0.39 is 52.5 Å². The summed E-state index contributed by atoms with van der Waals surface area (Å²) >= 11 is 0. The zero-order chi connectivity index (χ0) is 24.9. The van der Waals surface area contributed by atoms with Crippen molar-refractivity contribution in [1.29, 1.82) is 0 Å². The molecule has 1 atom stereocenters. The first-order chi connectivity index (χ1) is 15.3. The van der Waals surface area contributed by atoms with Gasteiger partial charge in [0, 0.05) is 18.8 Å². The number of alkyl halides is 3. The highest BCUT2D eigenvalue weighted by atomic mass is 32.2. The number of carbonyl (C=O) groups is 2. The van der Waals surface area contributed by atoms with Crippen LogP contribution in [0.15, 0.2) is 52.0 Å². The Morgan fingerprint density at radius 3 is 2.21 bits per heavy atom. The topological polar surface area (TPSA) is 126 Å². The van der Waals surface area contributed by atoms with Crippen molar-refractivity contribution in [2.45, 2.75) is 36.9 Å². The van der Waals surface area contributed by atoms with Gasteiger partial charge in [0.05, 0.1) is 17.6 Å². The van der Waals surface area contributed by atoms with Crippen molar-refractivity contribution in [2.24, 2.45) is 0 Å². The minimum absolute atomic E-state index is 0.0139. The Bertz CT molecular complexity index is 1050. The molecule has 0 aliphatic heterocycles. The molecule has 1 heterocycles. The van der Waals surface area contributed by atoms with Crippen LogP contribution < -0.4 is 5.32 Å². The molecule has 0 aliphatic carbocycles. The molecule has 33 heavy (non-hydrogen) atoms. The van der Waals surface area contributed by atoms with Crippen molar-refractivity contribution in [1.82, 2.24) is 4.31 Å². The summed E-state index contributed by atoms with van der Waals surface area (Å²) in [6.45, 7) is 3.03. The second-order valence-electron chi connectivity index (χ2n) is 6.83. The maximum Gasteiger partial charge on any atom is 0.425 e. The number of aliphatic hydroxyl groups is 1. The van der Waals surface area contributed by atoms with Gasteiger partial charge in [-0.3, -0.25) is 9.59 Å². The third kappa shape index (κ3) is 6.12. The number of sulfonamides is 1. The van der Waals surface area contributed by atoms with Gasteiger partial charge >= 0.3 is 12.1 Å². The van der Waals surface area contributed by atoms with E-state index in [0.717, 1.165) is 18.4 Å². The van der Waals surface area contributed by atoms with Crippen LogP contribution in [0.2, 0.25) is 0 Å². The van der Waals surface area contributed by atoms with Crippen molar-refractivity contribution < 1.29 is 45.4 Å². The molecule has 0 aliphatic rings. The van der Waals surface area contributed by atoms with Gasteiger partial charge in [0.25, 0.3) is 5.91 Å². The van der Waals surface area contributed by atoms with Gasteiger partial charge in [-0.15, -0.1) is 0 Å². The number of hydrogen-bond acceptors (Lipinski definition) is 7. The summed E-state index contributed by atoms with van der Waals surface area (Å²) in [6.07, 6.45) is -5.85. The van der Waals surface area contributed by atoms with Crippen LogP contribution >= 0.6 is 0 Å². The fraction of sp³-hybridized carbons (Fsp3) is 0.400. The lowest BCUT2D eigenvalue weighted by atomic mass is 9.96. The molecule has 0 fully saturated rings. The Kier molecular flexibility index (Phi) is 8.27. The summed E-state index contributed by atoms with van der Waals surface area (Å²) in [4.78, 5) is 23.8. The van der Waals surface area contributed by atoms with Crippen molar-refractivity contribution >= 4 is 27.6 Å². The van der Waals surface area contributed by atoms with E-state index in [9.17, 15) is 36.3 Å². The van der Waals surface area contributed by atoms with Gasteiger partial charge in [-0.25, -0.2) is 8.42 Å². The van der Waals surface area contributed by atoms with Crippen LogP contribution in [0.5, 0.6) is 0 Å². The molecule has 182 valence electrons. The molecule has 9 nitrogen and oxygen atoms in total. The second kappa shape index (κ2) is 10.4. The Morgan fingerprint density at radius 2 is 1.73 bits per heavy atom. The van der Waals surface area contributed by atoms with E-state index in [-0.39, 0.29) is 23.7 Å². The quantitative estimate of drug-likeness (QED) is 0.488. The van der Waals surface area contributed by atoms with Gasteiger partial charge < -0.3 is 19.6 Å². The number of furan rings is 1. The molecule has 1 aromatic carbocycles. The number of ether oxygens (including phenoxy) is 1. The largest absolute Gasteiger partial charge is 0.466 e. The van der Waals surface area contributed by atoms with Crippen LogP contribution in [0.3, 0.4) is 0 Å². The Hall–Kier alpha value is -2.90. The molecule has 2 rings (SSSR count). The van der Waals surface area contributed by atoms with Crippen molar-refractivity contribution in [3.05, 3.63) is 48.4 Å². The molecule has 13 heteroatoms. The normalized spacial score (nSPS) is 14.0. The number of halogens is 3. The molecular weight excluding hydrogens is 469 g/mol. The van der Waals surface area contributed by atoms with E-state index in [2.05, 4.69) is 14.5 Å². The molecule has 1 amide bonds. The van der Waals surface area contributed by atoms with Gasteiger partial charge in [0.1, 0.15) is 5.76 Å². The van der Waals surface area contributed by atoms with Gasteiger partial charge in [-0.05, 0) is 36.4 Å². The average Bonchev–Trinajstić information content (AvgIpc) is 3.28. The number of hydrogen-bond donors (Lipinski definition) is 2. The smallest absolute Gasteiger partial charge is 0.425 e. The van der Waals surface area contributed by atoms with Crippen LogP contribution in [0.25, 0.3) is 0 Å². The molecule has 0 radical (unpaired) electrons. The first-order valence-electron chi connectivity index (χ1n) is 9.74. The standard InChI is InChI=1S/C20H23F3N2O7S/c1-3-25(4-2)33(29,30)15-9-7-14(8-10-15)24-17(26)13-32-18(27)12-19(28,20(21,22)23)16-6-5-11-31-16/h5-11,28H,3-4,12-13H2,1-2H3,(H,24,26)/t19-/m0/s1. The molecule has 1 aromatic heterocycles. The Labute approximate surface area is 188 Å². The first-order valence-corrected chi connectivity index (χ1v) is 11.2. The summed E-state index contributed by atoms with van der Waals surface area (Å²) in [5, 5.41) is 12.3. The average molecular weight is 492 g/mol. The fourth-order valence-corrected chi connectivity index (χ4v) is 4.32. The molecule has 2 aromatic rings. The summed E-state index contributed by atoms with van der Waals surface area (Å²) < 4.78 is 75.1. The molecule has 2 N–H and O–H groups in total. The van der Waals surface area contributed by atoms with Crippen LogP contribution in [-0.2, 0) is 30.0 Å². The second-order valence-corrected chi connectivity index (χ2v) is 8.77. The van der Waals surface area contributed by atoms with E-state index in [1.807, 2.05) is 0 Å².